The molecule has 2 rings (SSSR count). The van der Waals surface area contributed by atoms with Crippen LogP contribution in [0.2, 0.25) is 0 Å². The number of nitrogens with zero attached hydrogens (tertiary/aromatic N) is 1. The molecule has 1 atom stereocenters. The van der Waals surface area contributed by atoms with E-state index in [1.165, 1.54) is 0 Å². The standard InChI is InChI=1S/C13H17BrN2O2/c1-18-12-7-10(14)5-4-9(12)8-16-6-2-3-11(16)13(15)17/h4-5,7,11H,2-3,6,8H2,1H3,(H2,15,17). The minimum atomic E-state index is -0.233. The summed E-state index contributed by atoms with van der Waals surface area (Å²) in [6.07, 6.45) is 1.88. The Morgan fingerprint density at radius 3 is 3.06 bits per heavy atom. The molecule has 4 nitrogen and oxygen atoms in total. The van der Waals surface area contributed by atoms with Gasteiger partial charge in [-0.1, -0.05) is 22.0 Å². The summed E-state index contributed by atoms with van der Waals surface area (Å²) in [7, 11) is 1.65. The SMILES string of the molecule is COc1cc(Br)ccc1CN1CCCC1C(N)=O. The van der Waals surface area contributed by atoms with Crippen LogP contribution in [0.3, 0.4) is 0 Å². The van der Waals surface area contributed by atoms with Crippen LogP contribution >= 0.6 is 15.9 Å². The third-order valence-corrected chi connectivity index (χ3v) is 3.81. The average molecular weight is 313 g/mol. The molecule has 0 radical (unpaired) electrons. The lowest BCUT2D eigenvalue weighted by molar-refractivity contribution is -0.122. The van der Waals surface area contributed by atoms with Gasteiger partial charge in [0.15, 0.2) is 0 Å². The molecule has 2 N–H and O–H groups in total. The minimum absolute atomic E-state index is 0.140. The topological polar surface area (TPSA) is 55.6 Å². The van der Waals surface area contributed by atoms with Gasteiger partial charge in [0.1, 0.15) is 5.75 Å². The highest BCUT2D eigenvalue weighted by Gasteiger charge is 2.29. The first-order chi connectivity index (χ1) is 8.61. The molecule has 1 fully saturated rings. The Balaban J connectivity index is 2.16. The van der Waals surface area contributed by atoms with E-state index < -0.39 is 0 Å². The van der Waals surface area contributed by atoms with Crippen LogP contribution in [-0.4, -0.2) is 30.5 Å². The highest BCUT2D eigenvalue weighted by molar-refractivity contribution is 9.10. The van der Waals surface area contributed by atoms with Gasteiger partial charge in [-0.2, -0.15) is 0 Å². The predicted molar refractivity (Wildman–Crippen MR) is 73.3 cm³/mol. The number of hydrogen-bond donors (Lipinski definition) is 1. The summed E-state index contributed by atoms with van der Waals surface area (Å²) in [5.41, 5.74) is 6.49. The van der Waals surface area contributed by atoms with Gasteiger partial charge in [-0.15, -0.1) is 0 Å². The molecule has 1 aromatic rings. The maximum absolute atomic E-state index is 11.4. The van der Waals surface area contributed by atoms with Gasteiger partial charge < -0.3 is 10.5 Å². The van der Waals surface area contributed by atoms with Gasteiger partial charge in [0.2, 0.25) is 5.91 Å². The van der Waals surface area contributed by atoms with Crippen molar-refractivity contribution in [3.8, 4) is 5.75 Å². The van der Waals surface area contributed by atoms with E-state index in [1.807, 2.05) is 18.2 Å². The first kappa shape index (κ1) is 13.4. The zero-order valence-electron chi connectivity index (χ0n) is 10.4. The van der Waals surface area contributed by atoms with Crippen LogP contribution in [0.5, 0.6) is 5.75 Å². The summed E-state index contributed by atoms with van der Waals surface area (Å²) < 4.78 is 6.34. The van der Waals surface area contributed by atoms with E-state index in [-0.39, 0.29) is 11.9 Å². The van der Waals surface area contributed by atoms with Gasteiger partial charge >= 0.3 is 0 Å². The molecule has 1 unspecified atom stereocenters. The van der Waals surface area contributed by atoms with Crippen LogP contribution < -0.4 is 10.5 Å². The Morgan fingerprint density at radius 2 is 2.39 bits per heavy atom. The predicted octanol–water partition coefficient (Wildman–Crippen LogP) is 1.91. The van der Waals surface area contributed by atoms with E-state index in [0.29, 0.717) is 6.54 Å². The molecule has 1 aliphatic heterocycles. The molecular weight excluding hydrogens is 296 g/mol. The maximum atomic E-state index is 11.4. The average Bonchev–Trinajstić information content (AvgIpc) is 2.79. The number of rotatable bonds is 4. The molecular formula is C13H17BrN2O2. The fourth-order valence-corrected chi connectivity index (χ4v) is 2.75. The lowest BCUT2D eigenvalue weighted by Crippen LogP contribution is -2.39. The number of nitrogens with two attached hydrogens (primary N) is 1. The van der Waals surface area contributed by atoms with Crippen LogP contribution in [0.1, 0.15) is 18.4 Å². The highest BCUT2D eigenvalue weighted by Crippen LogP contribution is 2.27. The number of amides is 1. The van der Waals surface area contributed by atoms with E-state index in [4.69, 9.17) is 10.5 Å². The molecule has 0 bridgehead atoms. The zero-order valence-corrected chi connectivity index (χ0v) is 11.9. The van der Waals surface area contributed by atoms with Crippen molar-refractivity contribution in [2.45, 2.75) is 25.4 Å². The molecule has 0 aromatic heterocycles. The van der Waals surface area contributed by atoms with Crippen molar-refractivity contribution in [1.29, 1.82) is 0 Å². The Kier molecular flexibility index (Phi) is 4.24. The Labute approximate surface area is 115 Å². The lowest BCUT2D eigenvalue weighted by Gasteiger charge is -2.22. The van der Waals surface area contributed by atoms with Crippen LogP contribution in [0.4, 0.5) is 0 Å². The third kappa shape index (κ3) is 2.84. The Morgan fingerprint density at radius 1 is 1.61 bits per heavy atom. The number of likely N-dealkylation sites (tertiary alicyclic amines) is 1. The lowest BCUT2D eigenvalue weighted by atomic mass is 10.1. The molecule has 1 saturated heterocycles. The van der Waals surface area contributed by atoms with Gasteiger partial charge in [-0.25, -0.2) is 0 Å². The number of hydrogen-bond acceptors (Lipinski definition) is 3. The number of carbonyl (C=O) groups excluding carboxylic acids is 1. The van der Waals surface area contributed by atoms with Crippen molar-refractivity contribution in [2.24, 2.45) is 5.73 Å². The molecule has 0 aliphatic carbocycles. The molecule has 5 heteroatoms. The number of benzene rings is 1. The maximum Gasteiger partial charge on any atom is 0.234 e. The minimum Gasteiger partial charge on any atom is -0.496 e. The van der Waals surface area contributed by atoms with Gasteiger partial charge in [0.05, 0.1) is 13.2 Å². The summed E-state index contributed by atoms with van der Waals surface area (Å²) >= 11 is 3.42. The van der Waals surface area contributed by atoms with Crippen molar-refractivity contribution in [1.82, 2.24) is 4.90 Å². The van der Waals surface area contributed by atoms with E-state index >= 15 is 0 Å². The summed E-state index contributed by atoms with van der Waals surface area (Å²) in [5.74, 6) is 0.600. The number of primary amides is 1. The summed E-state index contributed by atoms with van der Waals surface area (Å²) in [6, 6.07) is 5.79. The van der Waals surface area contributed by atoms with Crippen LogP contribution in [0, 0.1) is 0 Å². The number of ether oxygens (including phenoxy) is 1. The van der Waals surface area contributed by atoms with E-state index in [0.717, 1.165) is 35.2 Å². The number of methoxy groups -OCH3 is 1. The van der Waals surface area contributed by atoms with Crippen molar-refractivity contribution >= 4 is 21.8 Å². The number of halogens is 1. The fourth-order valence-electron chi connectivity index (χ4n) is 2.41. The van der Waals surface area contributed by atoms with Gasteiger partial charge in [0, 0.05) is 16.6 Å². The molecule has 18 heavy (non-hydrogen) atoms. The molecule has 98 valence electrons. The van der Waals surface area contributed by atoms with E-state index in [2.05, 4.69) is 20.8 Å². The fraction of sp³-hybridized carbons (Fsp3) is 0.462. The van der Waals surface area contributed by atoms with Crippen molar-refractivity contribution in [3.63, 3.8) is 0 Å². The van der Waals surface area contributed by atoms with Crippen LogP contribution in [-0.2, 0) is 11.3 Å². The smallest absolute Gasteiger partial charge is 0.234 e. The highest BCUT2D eigenvalue weighted by atomic mass is 79.9. The molecule has 1 amide bonds. The van der Waals surface area contributed by atoms with Gasteiger partial charge in [-0.3, -0.25) is 9.69 Å². The quantitative estimate of drug-likeness (QED) is 0.924. The van der Waals surface area contributed by atoms with Crippen molar-refractivity contribution in [2.75, 3.05) is 13.7 Å². The van der Waals surface area contributed by atoms with Crippen LogP contribution in [0.25, 0.3) is 0 Å². The Hall–Kier alpha value is -1.07. The largest absolute Gasteiger partial charge is 0.496 e. The second-order valence-corrected chi connectivity index (χ2v) is 5.40. The van der Waals surface area contributed by atoms with E-state index in [9.17, 15) is 4.79 Å². The monoisotopic (exact) mass is 312 g/mol. The van der Waals surface area contributed by atoms with Crippen molar-refractivity contribution < 1.29 is 9.53 Å². The first-order valence-electron chi connectivity index (χ1n) is 5.97. The Bertz CT molecular complexity index is 451. The van der Waals surface area contributed by atoms with Gasteiger partial charge in [0.25, 0.3) is 0 Å². The zero-order chi connectivity index (χ0) is 13.1. The van der Waals surface area contributed by atoms with Crippen LogP contribution in [0.15, 0.2) is 22.7 Å². The van der Waals surface area contributed by atoms with Crippen molar-refractivity contribution in [3.05, 3.63) is 28.2 Å². The molecule has 1 heterocycles. The molecule has 1 aliphatic rings. The van der Waals surface area contributed by atoms with E-state index in [1.54, 1.807) is 7.11 Å². The summed E-state index contributed by atoms with van der Waals surface area (Å²) in [4.78, 5) is 13.5. The number of carbonyl (C=O) groups is 1. The molecule has 1 aromatic carbocycles. The first-order valence-corrected chi connectivity index (χ1v) is 6.77. The summed E-state index contributed by atoms with van der Waals surface area (Å²) in [5, 5.41) is 0. The summed E-state index contributed by atoms with van der Waals surface area (Å²) in [6.45, 7) is 1.61. The second kappa shape index (κ2) is 5.71. The normalized spacial score (nSPS) is 20.0. The second-order valence-electron chi connectivity index (χ2n) is 4.49. The van der Waals surface area contributed by atoms with Gasteiger partial charge in [-0.05, 0) is 31.5 Å². The third-order valence-electron chi connectivity index (χ3n) is 3.31. The molecule has 0 spiro atoms. The molecule has 0 saturated carbocycles.